The number of carbonyl (C=O) groups is 1. The molecule has 1 aromatic heterocycles. The minimum absolute atomic E-state index is 0.334. The van der Waals surface area contributed by atoms with E-state index in [-0.39, 0.29) is 5.82 Å². The number of rotatable bonds is 3. The molecule has 1 fully saturated rings. The molecule has 5 heteroatoms. The van der Waals surface area contributed by atoms with Crippen LogP contribution in [-0.2, 0) is 10.3 Å². The lowest BCUT2D eigenvalue weighted by Gasteiger charge is -2.29. The van der Waals surface area contributed by atoms with Crippen LogP contribution in [0.3, 0.4) is 0 Å². The van der Waals surface area contributed by atoms with Gasteiger partial charge in [-0.25, -0.2) is 9.18 Å². The van der Waals surface area contributed by atoms with Crippen molar-refractivity contribution in [1.82, 2.24) is 10.3 Å². The van der Waals surface area contributed by atoms with Gasteiger partial charge in [0.05, 0.1) is 0 Å². The number of amides is 1. The number of benzene rings is 2. The van der Waals surface area contributed by atoms with E-state index in [0.717, 1.165) is 16.7 Å². The van der Waals surface area contributed by atoms with Gasteiger partial charge in [0, 0.05) is 18.0 Å². The minimum atomic E-state index is -0.957. The molecule has 4 nitrogen and oxygen atoms in total. The number of aromatic nitrogens is 1. The first-order valence-electron chi connectivity index (χ1n) is 8.32. The Balaban J connectivity index is 1.76. The fourth-order valence-electron chi connectivity index (χ4n) is 3.35. The first-order valence-corrected chi connectivity index (χ1v) is 8.32. The van der Waals surface area contributed by atoms with Gasteiger partial charge in [-0.05, 0) is 41.8 Å². The predicted molar refractivity (Wildman–Crippen MR) is 95.8 cm³/mol. The summed E-state index contributed by atoms with van der Waals surface area (Å²) >= 11 is 0. The fourth-order valence-corrected chi connectivity index (χ4v) is 3.35. The lowest BCUT2D eigenvalue weighted by molar-refractivity contribution is 0.0494. The summed E-state index contributed by atoms with van der Waals surface area (Å²) in [5.74, 6) is -0.334. The number of pyridine rings is 1. The maximum absolute atomic E-state index is 13.3. The van der Waals surface area contributed by atoms with E-state index in [2.05, 4.69) is 10.3 Å². The van der Waals surface area contributed by atoms with Crippen molar-refractivity contribution in [2.45, 2.75) is 18.6 Å². The van der Waals surface area contributed by atoms with Crippen LogP contribution in [-0.4, -0.2) is 11.1 Å². The Labute approximate surface area is 150 Å². The third-order valence-corrected chi connectivity index (χ3v) is 4.74. The third-order valence-electron chi connectivity index (χ3n) is 4.74. The van der Waals surface area contributed by atoms with E-state index in [4.69, 9.17) is 4.74 Å². The molecule has 1 aliphatic heterocycles. The molecule has 4 rings (SSSR count). The van der Waals surface area contributed by atoms with E-state index in [0.29, 0.717) is 5.56 Å². The van der Waals surface area contributed by atoms with Crippen molar-refractivity contribution < 1.29 is 13.9 Å². The maximum Gasteiger partial charge on any atom is 0.408 e. The molecule has 0 aliphatic carbocycles. The van der Waals surface area contributed by atoms with E-state index in [9.17, 15) is 9.18 Å². The number of halogens is 1. The van der Waals surface area contributed by atoms with Crippen molar-refractivity contribution in [3.05, 3.63) is 90.0 Å². The number of carbonyl (C=O) groups excluding carboxylic acids is 1. The Morgan fingerprint density at radius 3 is 2.50 bits per heavy atom. The summed E-state index contributed by atoms with van der Waals surface area (Å²) in [5.41, 5.74) is 2.57. The van der Waals surface area contributed by atoms with Crippen molar-refractivity contribution >= 4 is 6.09 Å². The van der Waals surface area contributed by atoms with Gasteiger partial charge in [-0.3, -0.25) is 4.98 Å². The van der Waals surface area contributed by atoms with Gasteiger partial charge in [0.2, 0.25) is 0 Å². The van der Waals surface area contributed by atoms with Crippen LogP contribution >= 0.6 is 0 Å². The van der Waals surface area contributed by atoms with Crippen LogP contribution in [0.4, 0.5) is 9.18 Å². The van der Waals surface area contributed by atoms with Crippen LogP contribution < -0.4 is 5.32 Å². The molecule has 3 aromatic rings. The Bertz CT molecular complexity index is 944. The highest BCUT2D eigenvalue weighted by atomic mass is 19.1. The molecule has 130 valence electrons. The summed E-state index contributed by atoms with van der Waals surface area (Å²) in [6.45, 7) is 1.82. The predicted octanol–water partition coefficient (Wildman–Crippen LogP) is 4.58. The molecule has 0 unspecified atom stereocenters. The molecule has 2 aromatic carbocycles. The van der Waals surface area contributed by atoms with Crippen molar-refractivity contribution in [2.75, 3.05) is 0 Å². The van der Waals surface area contributed by atoms with Crippen LogP contribution in [0.5, 0.6) is 0 Å². The average Bonchev–Trinajstić information content (AvgIpc) is 2.98. The smallest absolute Gasteiger partial charge is 0.408 e. The molecule has 1 amide bonds. The van der Waals surface area contributed by atoms with Crippen LogP contribution in [0, 0.1) is 5.82 Å². The molecule has 0 radical (unpaired) electrons. The standard InChI is InChI=1S/C21H17FN2O2/c1-21(17-7-9-18(22)10-8-17)19(24-20(25)26-21)16-11-15(12-23-13-16)14-5-3-2-4-6-14/h2-13,19H,1H3,(H,24,25)/t19-,21+/m1/s1. The quantitative estimate of drug-likeness (QED) is 0.753. The summed E-state index contributed by atoms with van der Waals surface area (Å²) in [5, 5.41) is 2.86. The van der Waals surface area contributed by atoms with Gasteiger partial charge in [0.1, 0.15) is 11.9 Å². The monoisotopic (exact) mass is 348 g/mol. The van der Waals surface area contributed by atoms with Crippen molar-refractivity contribution in [3.8, 4) is 11.1 Å². The van der Waals surface area contributed by atoms with E-state index >= 15 is 0 Å². The second-order valence-electron chi connectivity index (χ2n) is 6.45. The SMILES string of the molecule is C[C@@]1(c2ccc(F)cc2)OC(=O)N[C@@H]1c1cncc(-c2ccccc2)c1. The van der Waals surface area contributed by atoms with E-state index in [1.165, 1.54) is 12.1 Å². The normalized spacial score (nSPS) is 21.9. The number of cyclic esters (lactones) is 1. The largest absolute Gasteiger partial charge is 0.436 e. The maximum atomic E-state index is 13.3. The topological polar surface area (TPSA) is 51.2 Å². The fraction of sp³-hybridized carbons (Fsp3) is 0.143. The van der Waals surface area contributed by atoms with Gasteiger partial charge in [0.25, 0.3) is 0 Å². The van der Waals surface area contributed by atoms with Crippen LogP contribution in [0.2, 0.25) is 0 Å². The summed E-state index contributed by atoms with van der Waals surface area (Å²) in [6.07, 6.45) is 2.99. The first-order chi connectivity index (χ1) is 12.6. The molecule has 0 saturated carbocycles. The Kier molecular flexibility index (Phi) is 3.92. The highest BCUT2D eigenvalue weighted by Crippen LogP contribution is 2.43. The molecule has 1 saturated heterocycles. The molecule has 2 heterocycles. The van der Waals surface area contributed by atoms with Gasteiger partial charge in [0.15, 0.2) is 5.60 Å². The van der Waals surface area contributed by atoms with Gasteiger partial charge < -0.3 is 10.1 Å². The van der Waals surface area contributed by atoms with Gasteiger partial charge in [-0.2, -0.15) is 0 Å². The summed E-state index contributed by atoms with van der Waals surface area (Å²) in [6, 6.07) is 17.4. The van der Waals surface area contributed by atoms with E-state index in [1.54, 1.807) is 24.5 Å². The zero-order chi connectivity index (χ0) is 18.1. The van der Waals surface area contributed by atoms with Gasteiger partial charge >= 0.3 is 6.09 Å². The second-order valence-corrected chi connectivity index (χ2v) is 6.45. The molecule has 1 N–H and O–H groups in total. The number of alkyl carbamates (subject to hydrolysis) is 1. The van der Waals surface area contributed by atoms with Gasteiger partial charge in [-0.1, -0.05) is 42.5 Å². The molecular formula is C21H17FN2O2. The highest BCUT2D eigenvalue weighted by molar-refractivity contribution is 5.72. The van der Waals surface area contributed by atoms with Crippen LogP contribution in [0.15, 0.2) is 73.1 Å². The molecule has 0 spiro atoms. The van der Waals surface area contributed by atoms with Crippen LogP contribution in [0.25, 0.3) is 11.1 Å². The Morgan fingerprint density at radius 1 is 1.04 bits per heavy atom. The molecule has 0 bridgehead atoms. The molecule has 1 aliphatic rings. The Morgan fingerprint density at radius 2 is 1.77 bits per heavy atom. The molecule has 2 atom stereocenters. The van der Waals surface area contributed by atoms with Gasteiger partial charge in [-0.15, -0.1) is 0 Å². The number of nitrogens with zero attached hydrogens (tertiary/aromatic N) is 1. The molecule has 26 heavy (non-hydrogen) atoms. The lowest BCUT2D eigenvalue weighted by atomic mass is 9.84. The average molecular weight is 348 g/mol. The summed E-state index contributed by atoms with van der Waals surface area (Å²) < 4.78 is 18.9. The number of hydrogen-bond acceptors (Lipinski definition) is 3. The van der Waals surface area contributed by atoms with E-state index in [1.807, 2.05) is 43.3 Å². The number of nitrogens with one attached hydrogen (secondary N) is 1. The summed E-state index contributed by atoms with van der Waals surface area (Å²) in [7, 11) is 0. The zero-order valence-corrected chi connectivity index (χ0v) is 14.1. The van der Waals surface area contributed by atoms with Crippen molar-refractivity contribution in [3.63, 3.8) is 0 Å². The number of ether oxygens (including phenoxy) is 1. The van der Waals surface area contributed by atoms with E-state index < -0.39 is 17.7 Å². The third kappa shape index (κ3) is 2.81. The Hall–Kier alpha value is -3.21. The first kappa shape index (κ1) is 16.3. The number of hydrogen-bond donors (Lipinski definition) is 1. The summed E-state index contributed by atoms with van der Waals surface area (Å²) in [4.78, 5) is 16.3. The molecular weight excluding hydrogens is 331 g/mol. The second kappa shape index (κ2) is 6.26. The minimum Gasteiger partial charge on any atom is -0.436 e. The zero-order valence-electron chi connectivity index (χ0n) is 14.1. The van der Waals surface area contributed by atoms with Crippen LogP contribution in [0.1, 0.15) is 24.1 Å². The van der Waals surface area contributed by atoms with Crippen molar-refractivity contribution in [1.29, 1.82) is 0 Å². The lowest BCUT2D eigenvalue weighted by Crippen LogP contribution is -2.31. The van der Waals surface area contributed by atoms with Crippen molar-refractivity contribution in [2.24, 2.45) is 0 Å². The highest BCUT2D eigenvalue weighted by Gasteiger charge is 2.47.